The standard InChI is InChI=1S/C11H12N4O2S/c12-8(16)5-15-11(17)9-6-3-1-2-4-7(6)18-10(9)13-14-15/h1-5H2,(H2,12,16). The predicted octanol–water partition coefficient (Wildman–Crippen LogP) is 0.217. The Hall–Kier alpha value is -1.76. The van der Waals surface area contributed by atoms with E-state index in [0.717, 1.165) is 35.9 Å². The first-order valence-electron chi connectivity index (χ1n) is 5.83. The second kappa shape index (κ2) is 4.16. The van der Waals surface area contributed by atoms with Gasteiger partial charge in [-0.3, -0.25) is 9.59 Å². The molecule has 2 N–H and O–H groups in total. The van der Waals surface area contributed by atoms with Gasteiger partial charge in [-0.25, -0.2) is 4.68 Å². The predicted molar refractivity (Wildman–Crippen MR) is 67.5 cm³/mol. The van der Waals surface area contributed by atoms with Crippen molar-refractivity contribution >= 4 is 27.5 Å². The number of carbonyl (C=O) groups excluding carboxylic acids is 1. The highest BCUT2D eigenvalue weighted by Gasteiger charge is 2.20. The van der Waals surface area contributed by atoms with Gasteiger partial charge in [0, 0.05) is 4.88 Å². The molecule has 2 heterocycles. The maximum absolute atomic E-state index is 12.3. The summed E-state index contributed by atoms with van der Waals surface area (Å²) in [6, 6.07) is 0. The third-order valence-electron chi connectivity index (χ3n) is 3.15. The van der Waals surface area contributed by atoms with E-state index >= 15 is 0 Å². The molecule has 2 aromatic rings. The van der Waals surface area contributed by atoms with Crippen LogP contribution in [0.3, 0.4) is 0 Å². The van der Waals surface area contributed by atoms with Gasteiger partial charge in [-0.2, -0.15) is 0 Å². The number of rotatable bonds is 2. The number of carbonyl (C=O) groups is 1. The Morgan fingerprint density at radius 2 is 2.17 bits per heavy atom. The SMILES string of the molecule is NC(=O)Cn1nnc2sc3c(c2c1=O)CCCC3. The van der Waals surface area contributed by atoms with Gasteiger partial charge in [-0.1, -0.05) is 5.21 Å². The summed E-state index contributed by atoms with van der Waals surface area (Å²) in [6.45, 7) is -0.216. The Bertz CT molecular complexity index is 688. The Morgan fingerprint density at radius 3 is 2.94 bits per heavy atom. The van der Waals surface area contributed by atoms with Gasteiger partial charge in [-0.15, -0.1) is 16.4 Å². The molecule has 0 atom stereocenters. The van der Waals surface area contributed by atoms with Gasteiger partial charge in [0.2, 0.25) is 5.91 Å². The van der Waals surface area contributed by atoms with Crippen LogP contribution in [-0.4, -0.2) is 20.9 Å². The van der Waals surface area contributed by atoms with Crippen LogP contribution in [0.15, 0.2) is 4.79 Å². The third-order valence-corrected chi connectivity index (χ3v) is 4.33. The minimum absolute atomic E-state index is 0.216. The molecule has 6 nitrogen and oxygen atoms in total. The van der Waals surface area contributed by atoms with E-state index in [9.17, 15) is 9.59 Å². The maximum Gasteiger partial charge on any atom is 0.279 e. The van der Waals surface area contributed by atoms with Gasteiger partial charge in [0.05, 0.1) is 5.39 Å². The molecule has 1 aliphatic rings. The summed E-state index contributed by atoms with van der Waals surface area (Å²) in [5, 5.41) is 8.41. The molecule has 1 amide bonds. The summed E-state index contributed by atoms with van der Waals surface area (Å²) in [4.78, 5) is 25.0. The molecule has 1 aliphatic carbocycles. The highest BCUT2D eigenvalue weighted by atomic mass is 32.1. The lowest BCUT2D eigenvalue weighted by Gasteiger charge is -2.09. The van der Waals surface area contributed by atoms with Crippen molar-refractivity contribution < 1.29 is 4.79 Å². The molecule has 0 spiro atoms. The van der Waals surface area contributed by atoms with Gasteiger partial charge in [-0.05, 0) is 31.2 Å². The zero-order chi connectivity index (χ0) is 12.7. The molecule has 94 valence electrons. The number of hydrogen-bond donors (Lipinski definition) is 1. The molecule has 0 unspecified atom stereocenters. The quantitative estimate of drug-likeness (QED) is 0.839. The summed E-state index contributed by atoms with van der Waals surface area (Å²) >= 11 is 1.54. The number of nitrogens with zero attached hydrogens (tertiary/aromatic N) is 3. The molecule has 0 aliphatic heterocycles. The van der Waals surface area contributed by atoms with E-state index in [1.807, 2.05) is 0 Å². The molecule has 0 bridgehead atoms. The fourth-order valence-electron chi connectivity index (χ4n) is 2.36. The molecule has 0 aromatic carbocycles. The van der Waals surface area contributed by atoms with Crippen LogP contribution < -0.4 is 11.3 Å². The first-order chi connectivity index (χ1) is 8.66. The molecule has 0 fully saturated rings. The number of aromatic nitrogens is 3. The van der Waals surface area contributed by atoms with Crippen molar-refractivity contribution in [3.8, 4) is 0 Å². The second-order valence-electron chi connectivity index (χ2n) is 4.41. The smallest absolute Gasteiger partial charge is 0.279 e. The lowest BCUT2D eigenvalue weighted by Crippen LogP contribution is -2.30. The fraction of sp³-hybridized carbons (Fsp3) is 0.455. The third kappa shape index (κ3) is 1.71. The van der Waals surface area contributed by atoms with E-state index in [-0.39, 0.29) is 12.1 Å². The highest BCUT2D eigenvalue weighted by Crippen LogP contribution is 2.32. The number of aryl methyl sites for hydroxylation is 2. The number of fused-ring (bicyclic) bond motifs is 3. The zero-order valence-corrected chi connectivity index (χ0v) is 10.5. The number of primary amides is 1. The Balaban J connectivity index is 2.24. The molecule has 7 heteroatoms. The van der Waals surface area contributed by atoms with Gasteiger partial charge in [0.25, 0.3) is 5.56 Å². The van der Waals surface area contributed by atoms with E-state index in [4.69, 9.17) is 5.73 Å². The summed E-state index contributed by atoms with van der Waals surface area (Å²) < 4.78 is 1.05. The van der Waals surface area contributed by atoms with Crippen LogP contribution >= 0.6 is 11.3 Å². The van der Waals surface area contributed by atoms with Crippen molar-refractivity contribution in [3.05, 3.63) is 20.8 Å². The molecule has 3 rings (SSSR count). The first kappa shape index (κ1) is 11.3. The van der Waals surface area contributed by atoms with Crippen molar-refractivity contribution in [2.45, 2.75) is 32.2 Å². The summed E-state index contributed by atoms with van der Waals surface area (Å²) in [5.41, 5.74) is 5.93. The van der Waals surface area contributed by atoms with Crippen molar-refractivity contribution in [3.63, 3.8) is 0 Å². The lowest BCUT2D eigenvalue weighted by atomic mass is 9.97. The van der Waals surface area contributed by atoms with Gasteiger partial charge in [0.15, 0.2) is 4.83 Å². The monoisotopic (exact) mass is 264 g/mol. The van der Waals surface area contributed by atoms with Crippen LogP contribution in [0.25, 0.3) is 10.2 Å². The largest absolute Gasteiger partial charge is 0.368 e. The average Bonchev–Trinajstić information content (AvgIpc) is 2.71. The topological polar surface area (TPSA) is 90.9 Å². The van der Waals surface area contributed by atoms with Crippen LogP contribution in [0.2, 0.25) is 0 Å². The van der Waals surface area contributed by atoms with Crippen LogP contribution in [0.4, 0.5) is 0 Å². The maximum atomic E-state index is 12.3. The molecular weight excluding hydrogens is 252 g/mol. The van der Waals surface area contributed by atoms with E-state index in [1.165, 1.54) is 16.2 Å². The van der Waals surface area contributed by atoms with Gasteiger partial charge < -0.3 is 5.73 Å². The van der Waals surface area contributed by atoms with E-state index < -0.39 is 5.91 Å². The minimum Gasteiger partial charge on any atom is -0.368 e. The summed E-state index contributed by atoms with van der Waals surface area (Å²) in [7, 11) is 0. The van der Waals surface area contributed by atoms with E-state index in [1.54, 1.807) is 0 Å². The number of nitrogens with two attached hydrogens (primary N) is 1. The molecule has 0 saturated carbocycles. The number of hydrogen-bond acceptors (Lipinski definition) is 5. The van der Waals surface area contributed by atoms with Crippen molar-refractivity contribution in [2.75, 3.05) is 0 Å². The Kier molecular flexibility index (Phi) is 2.62. The van der Waals surface area contributed by atoms with Crippen molar-refractivity contribution in [1.29, 1.82) is 0 Å². The Morgan fingerprint density at radius 1 is 1.39 bits per heavy atom. The molecular formula is C11H12N4O2S. The van der Waals surface area contributed by atoms with Gasteiger partial charge in [0.1, 0.15) is 6.54 Å². The fourth-order valence-corrected chi connectivity index (χ4v) is 3.55. The lowest BCUT2D eigenvalue weighted by molar-refractivity contribution is -0.118. The van der Waals surface area contributed by atoms with Crippen molar-refractivity contribution in [2.24, 2.45) is 5.73 Å². The second-order valence-corrected chi connectivity index (χ2v) is 5.49. The normalized spacial score (nSPS) is 14.7. The van der Waals surface area contributed by atoms with Crippen molar-refractivity contribution in [1.82, 2.24) is 15.0 Å². The highest BCUT2D eigenvalue weighted by molar-refractivity contribution is 7.18. The van der Waals surface area contributed by atoms with Gasteiger partial charge >= 0.3 is 0 Å². The van der Waals surface area contributed by atoms with Crippen LogP contribution in [-0.2, 0) is 24.2 Å². The first-order valence-corrected chi connectivity index (χ1v) is 6.65. The number of amides is 1. The van der Waals surface area contributed by atoms with E-state index in [2.05, 4.69) is 10.3 Å². The molecule has 0 saturated heterocycles. The zero-order valence-electron chi connectivity index (χ0n) is 9.68. The Labute approximate surface area is 106 Å². The van der Waals surface area contributed by atoms with Crippen LogP contribution in [0, 0.1) is 0 Å². The number of thiophene rings is 1. The van der Waals surface area contributed by atoms with Crippen LogP contribution in [0.1, 0.15) is 23.3 Å². The minimum atomic E-state index is -0.588. The average molecular weight is 264 g/mol. The molecule has 2 aromatic heterocycles. The van der Waals surface area contributed by atoms with Crippen LogP contribution in [0.5, 0.6) is 0 Å². The molecule has 18 heavy (non-hydrogen) atoms. The summed E-state index contributed by atoms with van der Waals surface area (Å²) in [6.07, 6.45) is 4.16. The van der Waals surface area contributed by atoms with E-state index in [0.29, 0.717) is 10.2 Å². The molecule has 0 radical (unpaired) electrons. The summed E-state index contributed by atoms with van der Waals surface area (Å²) in [5.74, 6) is -0.588.